The highest BCUT2D eigenvalue weighted by atomic mass is 32.1. The first kappa shape index (κ1) is 12.9. The van der Waals surface area contributed by atoms with Gasteiger partial charge in [-0.1, -0.05) is 38.9 Å². The van der Waals surface area contributed by atoms with Gasteiger partial charge in [-0.15, -0.1) is 0 Å². The zero-order valence-electron chi connectivity index (χ0n) is 10.2. The molecule has 0 aromatic carbocycles. The highest BCUT2D eigenvalue weighted by Crippen LogP contribution is 2.26. The van der Waals surface area contributed by atoms with Crippen LogP contribution in [-0.4, -0.2) is 29.5 Å². The Kier molecular flexibility index (Phi) is 5.00. The van der Waals surface area contributed by atoms with Crippen LogP contribution in [0.1, 0.15) is 39.5 Å². The van der Waals surface area contributed by atoms with Crippen LogP contribution in [0.4, 0.5) is 0 Å². The summed E-state index contributed by atoms with van der Waals surface area (Å²) in [5, 5.41) is 0. The van der Waals surface area contributed by atoms with Gasteiger partial charge >= 0.3 is 0 Å². The van der Waals surface area contributed by atoms with E-state index in [2.05, 4.69) is 25.8 Å². The van der Waals surface area contributed by atoms with Crippen LogP contribution in [0.25, 0.3) is 0 Å². The number of hydrogen-bond acceptors (Lipinski definition) is 2. The van der Waals surface area contributed by atoms with Crippen LogP contribution in [-0.2, 0) is 0 Å². The van der Waals surface area contributed by atoms with Crippen LogP contribution in [0.2, 0.25) is 0 Å². The molecule has 3 heteroatoms. The van der Waals surface area contributed by atoms with E-state index >= 15 is 0 Å². The van der Waals surface area contributed by atoms with Gasteiger partial charge in [0.2, 0.25) is 0 Å². The Hall–Kier alpha value is -0.150. The minimum absolute atomic E-state index is 0.335. The molecule has 1 aliphatic rings. The van der Waals surface area contributed by atoms with E-state index in [1.54, 1.807) is 0 Å². The lowest BCUT2D eigenvalue weighted by atomic mass is 9.86. The molecule has 88 valence electrons. The number of nitrogens with zero attached hydrogens (tertiary/aromatic N) is 1. The fourth-order valence-electron chi connectivity index (χ4n) is 2.47. The molecule has 0 saturated heterocycles. The molecule has 1 aliphatic carbocycles. The van der Waals surface area contributed by atoms with E-state index < -0.39 is 0 Å². The van der Waals surface area contributed by atoms with Crippen LogP contribution in [0, 0.1) is 11.8 Å². The monoisotopic (exact) mass is 228 g/mol. The van der Waals surface area contributed by atoms with E-state index in [4.69, 9.17) is 18.0 Å². The van der Waals surface area contributed by atoms with Gasteiger partial charge in [0, 0.05) is 18.5 Å². The van der Waals surface area contributed by atoms with Gasteiger partial charge in [-0.05, 0) is 25.8 Å². The summed E-state index contributed by atoms with van der Waals surface area (Å²) in [7, 11) is 2.21. The molecule has 0 bridgehead atoms. The van der Waals surface area contributed by atoms with E-state index in [0.29, 0.717) is 10.9 Å². The summed E-state index contributed by atoms with van der Waals surface area (Å²) in [6, 6.07) is 0.741. The van der Waals surface area contributed by atoms with Crippen molar-refractivity contribution in [2.45, 2.75) is 45.6 Å². The first-order valence-electron chi connectivity index (χ1n) is 6.00. The fraction of sp³-hybridized carbons (Fsp3) is 0.917. The molecule has 0 spiro atoms. The number of rotatable bonds is 4. The summed E-state index contributed by atoms with van der Waals surface area (Å²) in [5.41, 5.74) is 5.65. The maximum Gasteiger partial charge on any atom is 0.0768 e. The number of nitrogens with two attached hydrogens (primary N) is 1. The molecule has 3 unspecified atom stereocenters. The Labute approximate surface area is 99.2 Å². The molecule has 0 aliphatic heterocycles. The van der Waals surface area contributed by atoms with Crippen molar-refractivity contribution in [1.29, 1.82) is 0 Å². The van der Waals surface area contributed by atoms with Gasteiger partial charge in [0.15, 0.2) is 0 Å². The number of thiocarbonyl (C=S) groups is 1. The predicted molar refractivity (Wildman–Crippen MR) is 70.0 cm³/mol. The highest BCUT2D eigenvalue weighted by Gasteiger charge is 2.23. The molecule has 0 heterocycles. The molecule has 2 nitrogen and oxygen atoms in total. The zero-order chi connectivity index (χ0) is 11.4. The summed E-state index contributed by atoms with van der Waals surface area (Å²) < 4.78 is 0. The maximum atomic E-state index is 5.65. The Bertz CT molecular complexity index is 218. The molecular weight excluding hydrogens is 204 g/mol. The molecule has 2 N–H and O–H groups in total. The minimum Gasteiger partial charge on any atom is -0.393 e. The molecule has 3 atom stereocenters. The van der Waals surface area contributed by atoms with Crippen molar-refractivity contribution in [3.05, 3.63) is 0 Å². The van der Waals surface area contributed by atoms with Gasteiger partial charge in [-0.3, -0.25) is 0 Å². The molecule has 15 heavy (non-hydrogen) atoms. The molecule has 1 rings (SSSR count). The van der Waals surface area contributed by atoms with E-state index in [0.717, 1.165) is 18.5 Å². The SMILES string of the molecule is CC1CCCC(N(C)CC(C)C(N)=S)C1. The van der Waals surface area contributed by atoms with Crippen molar-refractivity contribution in [2.75, 3.05) is 13.6 Å². The molecular formula is C12H24N2S. The topological polar surface area (TPSA) is 29.3 Å². The van der Waals surface area contributed by atoms with Gasteiger partial charge in [0.1, 0.15) is 0 Å². The highest BCUT2D eigenvalue weighted by molar-refractivity contribution is 7.80. The van der Waals surface area contributed by atoms with Gasteiger partial charge in [-0.25, -0.2) is 0 Å². The van der Waals surface area contributed by atoms with Gasteiger partial charge in [0.05, 0.1) is 4.99 Å². The lowest BCUT2D eigenvalue weighted by molar-refractivity contribution is 0.157. The van der Waals surface area contributed by atoms with Crippen molar-refractivity contribution >= 4 is 17.2 Å². The Morgan fingerprint density at radius 1 is 1.53 bits per heavy atom. The third-order valence-electron chi connectivity index (χ3n) is 3.58. The largest absolute Gasteiger partial charge is 0.393 e. The second-order valence-electron chi connectivity index (χ2n) is 5.17. The normalized spacial score (nSPS) is 29.1. The average Bonchev–Trinajstić information content (AvgIpc) is 2.17. The van der Waals surface area contributed by atoms with Crippen LogP contribution in [0.5, 0.6) is 0 Å². The lowest BCUT2D eigenvalue weighted by Gasteiger charge is -2.35. The van der Waals surface area contributed by atoms with Crippen molar-refractivity contribution < 1.29 is 0 Å². The third-order valence-corrected chi connectivity index (χ3v) is 3.98. The van der Waals surface area contributed by atoms with Gasteiger partial charge in [0.25, 0.3) is 0 Å². The van der Waals surface area contributed by atoms with Crippen molar-refractivity contribution in [3.63, 3.8) is 0 Å². The van der Waals surface area contributed by atoms with Gasteiger partial charge in [-0.2, -0.15) is 0 Å². The first-order chi connectivity index (χ1) is 7.00. The standard InChI is InChI=1S/C12H24N2S/c1-9-5-4-6-11(7-9)14(3)8-10(2)12(13)15/h9-11H,4-8H2,1-3H3,(H2,13,15). The van der Waals surface area contributed by atoms with E-state index in [1.807, 2.05) is 0 Å². The number of hydrogen-bond donors (Lipinski definition) is 1. The zero-order valence-corrected chi connectivity index (χ0v) is 11.0. The van der Waals surface area contributed by atoms with Crippen LogP contribution >= 0.6 is 12.2 Å². The van der Waals surface area contributed by atoms with Gasteiger partial charge < -0.3 is 10.6 Å². The first-order valence-corrected chi connectivity index (χ1v) is 6.41. The van der Waals surface area contributed by atoms with Crippen LogP contribution in [0.3, 0.4) is 0 Å². The van der Waals surface area contributed by atoms with E-state index in [9.17, 15) is 0 Å². The van der Waals surface area contributed by atoms with Crippen molar-refractivity contribution in [1.82, 2.24) is 4.90 Å². The van der Waals surface area contributed by atoms with E-state index in [1.165, 1.54) is 25.7 Å². The molecule has 1 fully saturated rings. The summed E-state index contributed by atoms with van der Waals surface area (Å²) >= 11 is 5.01. The summed E-state index contributed by atoms with van der Waals surface area (Å²) in [4.78, 5) is 3.09. The minimum atomic E-state index is 0.335. The molecule has 0 radical (unpaired) electrons. The smallest absolute Gasteiger partial charge is 0.0768 e. The van der Waals surface area contributed by atoms with Crippen LogP contribution in [0.15, 0.2) is 0 Å². The molecule has 0 amide bonds. The van der Waals surface area contributed by atoms with Crippen molar-refractivity contribution in [3.8, 4) is 0 Å². The molecule has 0 aromatic heterocycles. The quantitative estimate of drug-likeness (QED) is 0.749. The molecule has 1 saturated carbocycles. The Morgan fingerprint density at radius 3 is 2.73 bits per heavy atom. The van der Waals surface area contributed by atoms with Crippen molar-refractivity contribution in [2.24, 2.45) is 17.6 Å². The Balaban J connectivity index is 2.38. The summed E-state index contributed by atoms with van der Waals surface area (Å²) in [6.45, 7) is 5.48. The summed E-state index contributed by atoms with van der Waals surface area (Å²) in [5.74, 6) is 1.22. The second kappa shape index (κ2) is 5.80. The van der Waals surface area contributed by atoms with E-state index in [-0.39, 0.29) is 0 Å². The summed E-state index contributed by atoms with van der Waals surface area (Å²) in [6.07, 6.45) is 5.44. The van der Waals surface area contributed by atoms with Crippen LogP contribution < -0.4 is 5.73 Å². The predicted octanol–water partition coefficient (Wildman–Crippen LogP) is 2.42. The lowest BCUT2D eigenvalue weighted by Crippen LogP contribution is -2.40. The maximum absolute atomic E-state index is 5.65. The Morgan fingerprint density at radius 2 is 2.20 bits per heavy atom. The third kappa shape index (κ3) is 4.07. The second-order valence-corrected chi connectivity index (χ2v) is 5.64. The average molecular weight is 228 g/mol. The molecule has 0 aromatic rings. The fourth-order valence-corrected chi connectivity index (χ4v) is 2.55.